The Kier molecular flexibility index (Phi) is 5.23. The molecule has 2 aromatic heterocycles. The first-order valence-corrected chi connectivity index (χ1v) is 9.93. The van der Waals surface area contributed by atoms with E-state index in [0.29, 0.717) is 5.56 Å². The molecule has 1 atom stereocenters. The largest absolute Gasteiger partial charge is 0.335 e. The maximum Gasteiger partial charge on any atom is 0.254 e. The zero-order valence-electron chi connectivity index (χ0n) is 17.6. The van der Waals surface area contributed by atoms with Crippen molar-refractivity contribution < 1.29 is 4.79 Å². The van der Waals surface area contributed by atoms with Crippen LogP contribution in [0.4, 0.5) is 0 Å². The Labute approximate surface area is 176 Å². The minimum Gasteiger partial charge on any atom is -0.335 e. The Morgan fingerprint density at radius 2 is 1.50 bits per heavy atom. The van der Waals surface area contributed by atoms with Crippen LogP contribution in [-0.2, 0) is 0 Å². The zero-order valence-corrected chi connectivity index (χ0v) is 17.6. The SMILES string of the molecule is Cc1ccc(C)n1-c1ccc(C(=O)N(C)C(C)c2ccc(-n3cncn3)cc2)cc1. The van der Waals surface area contributed by atoms with Crippen LogP contribution in [0, 0.1) is 13.8 Å². The van der Waals surface area contributed by atoms with Crippen LogP contribution in [0.1, 0.15) is 40.3 Å². The van der Waals surface area contributed by atoms with E-state index in [2.05, 4.69) is 40.6 Å². The van der Waals surface area contributed by atoms with Gasteiger partial charge in [-0.3, -0.25) is 4.79 Å². The van der Waals surface area contributed by atoms with Gasteiger partial charge in [-0.25, -0.2) is 9.67 Å². The number of aromatic nitrogens is 4. The highest BCUT2D eigenvalue weighted by atomic mass is 16.2. The number of carbonyl (C=O) groups is 1. The Morgan fingerprint density at radius 1 is 0.900 bits per heavy atom. The lowest BCUT2D eigenvalue weighted by Gasteiger charge is -2.26. The first kappa shape index (κ1) is 19.6. The summed E-state index contributed by atoms with van der Waals surface area (Å²) in [4.78, 5) is 18.8. The predicted octanol–water partition coefficient (Wildman–Crippen LogP) is 4.51. The summed E-state index contributed by atoms with van der Waals surface area (Å²) in [6.45, 7) is 6.19. The minimum atomic E-state index is -0.0593. The van der Waals surface area contributed by atoms with E-state index in [4.69, 9.17) is 0 Å². The van der Waals surface area contributed by atoms with Crippen molar-refractivity contribution in [1.82, 2.24) is 24.2 Å². The van der Waals surface area contributed by atoms with Gasteiger partial charge in [-0.05, 0) is 74.9 Å². The van der Waals surface area contributed by atoms with Gasteiger partial charge in [0.2, 0.25) is 0 Å². The Morgan fingerprint density at radius 3 is 2.07 bits per heavy atom. The summed E-state index contributed by atoms with van der Waals surface area (Å²) in [5.41, 5.74) is 6.08. The van der Waals surface area contributed by atoms with E-state index in [-0.39, 0.29) is 11.9 Å². The van der Waals surface area contributed by atoms with Gasteiger partial charge in [-0.2, -0.15) is 5.10 Å². The molecule has 0 saturated carbocycles. The third-order valence-corrected chi connectivity index (χ3v) is 5.60. The molecule has 152 valence electrons. The highest BCUT2D eigenvalue weighted by Gasteiger charge is 2.19. The fraction of sp³-hybridized carbons (Fsp3) is 0.208. The molecule has 0 spiro atoms. The summed E-state index contributed by atoms with van der Waals surface area (Å²) in [5, 5.41) is 4.14. The number of nitrogens with zero attached hydrogens (tertiary/aromatic N) is 5. The molecular formula is C24H25N5O. The molecule has 2 heterocycles. The smallest absolute Gasteiger partial charge is 0.254 e. The van der Waals surface area contributed by atoms with Gasteiger partial charge in [-0.15, -0.1) is 0 Å². The molecule has 1 amide bonds. The van der Waals surface area contributed by atoms with Crippen molar-refractivity contribution in [3.05, 3.63) is 95.8 Å². The molecule has 0 saturated heterocycles. The molecular weight excluding hydrogens is 374 g/mol. The van der Waals surface area contributed by atoms with Crippen LogP contribution in [0.2, 0.25) is 0 Å². The van der Waals surface area contributed by atoms with Crippen molar-refractivity contribution in [2.45, 2.75) is 26.8 Å². The third-order valence-electron chi connectivity index (χ3n) is 5.60. The maximum absolute atomic E-state index is 13.0. The van der Waals surface area contributed by atoms with Crippen LogP contribution in [0.15, 0.2) is 73.3 Å². The van der Waals surface area contributed by atoms with Crippen LogP contribution < -0.4 is 0 Å². The fourth-order valence-electron chi connectivity index (χ4n) is 3.68. The van der Waals surface area contributed by atoms with Crippen LogP contribution >= 0.6 is 0 Å². The maximum atomic E-state index is 13.0. The normalized spacial score (nSPS) is 12.0. The topological polar surface area (TPSA) is 56.0 Å². The van der Waals surface area contributed by atoms with Gasteiger partial charge in [-0.1, -0.05) is 12.1 Å². The molecule has 1 unspecified atom stereocenters. The Hall–Kier alpha value is -3.67. The minimum absolute atomic E-state index is 0.00430. The van der Waals surface area contributed by atoms with Crippen molar-refractivity contribution in [1.29, 1.82) is 0 Å². The number of amides is 1. The van der Waals surface area contributed by atoms with Gasteiger partial charge >= 0.3 is 0 Å². The van der Waals surface area contributed by atoms with Gasteiger partial charge in [0.25, 0.3) is 5.91 Å². The van der Waals surface area contributed by atoms with Crippen molar-refractivity contribution in [2.75, 3.05) is 7.05 Å². The van der Waals surface area contributed by atoms with Crippen molar-refractivity contribution >= 4 is 5.91 Å². The summed E-state index contributed by atoms with van der Waals surface area (Å²) in [6.07, 6.45) is 3.17. The molecule has 0 N–H and O–H groups in total. The molecule has 0 aliphatic rings. The monoisotopic (exact) mass is 399 g/mol. The molecule has 6 heteroatoms. The lowest BCUT2D eigenvalue weighted by atomic mass is 10.1. The van der Waals surface area contributed by atoms with Crippen LogP contribution in [0.25, 0.3) is 11.4 Å². The molecule has 4 rings (SSSR count). The number of hydrogen-bond acceptors (Lipinski definition) is 3. The molecule has 4 aromatic rings. The van der Waals surface area contributed by atoms with Crippen LogP contribution in [-0.4, -0.2) is 37.2 Å². The Bertz CT molecular complexity index is 1120. The molecule has 6 nitrogen and oxygen atoms in total. The van der Waals surface area contributed by atoms with Crippen molar-refractivity contribution in [2.24, 2.45) is 0 Å². The quantitative estimate of drug-likeness (QED) is 0.496. The first-order chi connectivity index (χ1) is 14.5. The highest BCUT2D eigenvalue weighted by Crippen LogP contribution is 2.23. The second-order valence-electron chi connectivity index (χ2n) is 7.52. The molecule has 0 fully saturated rings. The molecule has 0 radical (unpaired) electrons. The molecule has 0 aliphatic heterocycles. The van der Waals surface area contributed by atoms with E-state index in [9.17, 15) is 4.79 Å². The molecule has 2 aromatic carbocycles. The lowest BCUT2D eigenvalue weighted by molar-refractivity contribution is 0.0742. The van der Waals surface area contributed by atoms with E-state index in [0.717, 1.165) is 16.9 Å². The van der Waals surface area contributed by atoms with Gasteiger partial charge < -0.3 is 9.47 Å². The zero-order chi connectivity index (χ0) is 21.3. The number of carbonyl (C=O) groups excluding carboxylic acids is 1. The van der Waals surface area contributed by atoms with Gasteiger partial charge in [0.05, 0.1) is 11.7 Å². The number of hydrogen-bond donors (Lipinski definition) is 0. The summed E-state index contributed by atoms with van der Waals surface area (Å²) in [7, 11) is 1.84. The van der Waals surface area contributed by atoms with Gasteiger partial charge in [0, 0.05) is 29.7 Å². The van der Waals surface area contributed by atoms with Gasteiger partial charge in [0.1, 0.15) is 12.7 Å². The fourth-order valence-corrected chi connectivity index (χ4v) is 3.68. The summed E-state index contributed by atoms with van der Waals surface area (Å²) in [6, 6.07) is 19.9. The average Bonchev–Trinajstić information content (AvgIpc) is 3.42. The van der Waals surface area contributed by atoms with E-state index in [1.165, 1.54) is 17.7 Å². The molecule has 0 aliphatic carbocycles. The van der Waals surface area contributed by atoms with E-state index < -0.39 is 0 Å². The highest BCUT2D eigenvalue weighted by molar-refractivity contribution is 5.94. The van der Waals surface area contributed by atoms with Gasteiger partial charge in [0.15, 0.2) is 0 Å². The third kappa shape index (κ3) is 3.64. The second-order valence-corrected chi connectivity index (χ2v) is 7.52. The summed E-state index contributed by atoms with van der Waals surface area (Å²) >= 11 is 0. The average molecular weight is 399 g/mol. The van der Waals surface area contributed by atoms with E-state index >= 15 is 0 Å². The van der Waals surface area contributed by atoms with Crippen LogP contribution in [0.3, 0.4) is 0 Å². The number of aryl methyl sites for hydroxylation is 2. The number of benzene rings is 2. The lowest BCUT2D eigenvalue weighted by Crippen LogP contribution is -2.29. The Balaban J connectivity index is 1.50. The first-order valence-electron chi connectivity index (χ1n) is 9.93. The van der Waals surface area contributed by atoms with Crippen molar-refractivity contribution in [3.8, 4) is 11.4 Å². The van der Waals surface area contributed by atoms with E-state index in [1.807, 2.05) is 62.5 Å². The van der Waals surface area contributed by atoms with E-state index in [1.54, 1.807) is 15.9 Å². The number of rotatable bonds is 5. The predicted molar refractivity (Wildman–Crippen MR) is 117 cm³/mol. The van der Waals surface area contributed by atoms with Crippen molar-refractivity contribution in [3.63, 3.8) is 0 Å². The van der Waals surface area contributed by atoms with Crippen LogP contribution in [0.5, 0.6) is 0 Å². The second kappa shape index (κ2) is 7.99. The molecule has 30 heavy (non-hydrogen) atoms. The molecule has 0 bridgehead atoms. The summed E-state index contributed by atoms with van der Waals surface area (Å²) < 4.78 is 3.89. The standard InChI is InChI=1S/C24H25N5O/c1-17-5-6-18(2)29(17)23-13-9-21(10-14-23)24(30)27(4)19(3)20-7-11-22(12-8-20)28-16-25-15-26-28/h5-16,19H,1-4H3. The summed E-state index contributed by atoms with van der Waals surface area (Å²) in [5.74, 6) is -0.00430.